The van der Waals surface area contributed by atoms with Crippen molar-refractivity contribution < 1.29 is 23.9 Å². The van der Waals surface area contributed by atoms with E-state index in [4.69, 9.17) is 25.2 Å². The van der Waals surface area contributed by atoms with Gasteiger partial charge in [0.15, 0.2) is 0 Å². The number of unbranched alkanes of at least 4 members (excludes halogenated alkanes) is 3. The summed E-state index contributed by atoms with van der Waals surface area (Å²) in [4.78, 5) is 57.5. The molecule has 11 nitrogen and oxygen atoms in total. The summed E-state index contributed by atoms with van der Waals surface area (Å²) in [5, 5.41) is 3.14. The Morgan fingerprint density at radius 1 is 0.906 bits per heavy atom. The van der Waals surface area contributed by atoms with Crippen molar-refractivity contribution in [1.82, 2.24) is 25.3 Å². The van der Waals surface area contributed by atoms with Gasteiger partial charge in [-0.3, -0.25) is 19.4 Å². The third kappa shape index (κ3) is 8.15. The molecule has 53 heavy (non-hydrogen) atoms. The van der Waals surface area contributed by atoms with E-state index in [1.165, 1.54) is 14.2 Å². The Morgan fingerprint density at radius 3 is 2.30 bits per heavy atom. The lowest BCUT2D eigenvalue weighted by Crippen LogP contribution is -2.25. The minimum absolute atomic E-state index is 0.137. The summed E-state index contributed by atoms with van der Waals surface area (Å²) >= 11 is 0. The molecule has 2 aliphatic heterocycles. The van der Waals surface area contributed by atoms with Crippen LogP contribution in [0.3, 0.4) is 0 Å². The lowest BCUT2D eigenvalue weighted by Gasteiger charge is -2.18. The van der Waals surface area contributed by atoms with E-state index >= 15 is 0 Å². The molecule has 0 aromatic carbocycles. The number of hydrogen-bond donors (Lipinski definition) is 4. The van der Waals surface area contributed by atoms with E-state index in [0.29, 0.717) is 41.8 Å². The van der Waals surface area contributed by atoms with Crippen molar-refractivity contribution >= 4 is 51.1 Å². The number of amides is 1. The van der Waals surface area contributed by atoms with Crippen molar-refractivity contribution in [2.45, 2.75) is 97.8 Å². The summed E-state index contributed by atoms with van der Waals surface area (Å²) in [5.74, 6) is -1.47. The maximum absolute atomic E-state index is 14.2. The Balaban J connectivity index is 1.91. The summed E-state index contributed by atoms with van der Waals surface area (Å²) in [6.45, 7) is 15.5. The highest BCUT2D eigenvalue weighted by Crippen LogP contribution is 2.43. The molecule has 3 aromatic heterocycles. The molecule has 11 heteroatoms. The number of methoxy groups -OCH3 is 2. The van der Waals surface area contributed by atoms with Crippen LogP contribution in [0.5, 0.6) is 0 Å². The molecule has 8 bridgehead atoms. The van der Waals surface area contributed by atoms with Crippen LogP contribution in [0.4, 0.5) is 0 Å². The number of ether oxygens (including phenoxy) is 2. The van der Waals surface area contributed by atoms with E-state index in [1.807, 2.05) is 32.1 Å². The number of aromatic nitrogens is 4. The van der Waals surface area contributed by atoms with E-state index in [9.17, 15) is 14.4 Å². The van der Waals surface area contributed by atoms with E-state index in [1.54, 1.807) is 0 Å². The smallest absolute Gasteiger partial charge is 0.310 e. The molecule has 0 spiro atoms. The third-order valence-electron chi connectivity index (χ3n) is 10.8. The van der Waals surface area contributed by atoms with Crippen molar-refractivity contribution in [2.75, 3.05) is 27.3 Å². The number of aromatic amines is 2. The van der Waals surface area contributed by atoms with Crippen LogP contribution < -0.4 is 11.1 Å². The van der Waals surface area contributed by atoms with Gasteiger partial charge in [0, 0.05) is 58.2 Å². The first-order valence-corrected chi connectivity index (χ1v) is 18.7. The molecule has 5 rings (SSSR count). The van der Waals surface area contributed by atoms with Crippen molar-refractivity contribution in [3.05, 3.63) is 81.4 Å². The second kappa shape index (κ2) is 17.2. The fraction of sp³-hybridized carbons (Fsp3) is 0.452. The molecule has 0 fully saturated rings. The van der Waals surface area contributed by atoms with Gasteiger partial charge < -0.3 is 30.5 Å². The fourth-order valence-corrected chi connectivity index (χ4v) is 7.62. The van der Waals surface area contributed by atoms with Gasteiger partial charge in [-0.15, -0.1) is 0 Å². The number of fused-ring (bicyclic) bond motifs is 8. The largest absolute Gasteiger partial charge is 0.469 e. The quantitative estimate of drug-likeness (QED) is 0.0986. The Kier molecular flexibility index (Phi) is 12.7. The van der Waals surface area contributed by atoms with Crippen LogP contribution in [0.15, 0.2) is 30.9 Å². The Hall–Kier alpha value is -5.03. The number of nitrogens with two attached hydrogens (primary N) is 1. The first-order chi connectivity index (χ1) is 25.5. The van der Waals surface area contributed by atoms with Gasteiger partial charge in [-0.05, 0) is 93.5 Å². The molecular weight excluding hydrogens is 668 g/mol. The highest BCUT2D eigenvalue weighted by Gasteiger charge is 2.34. The molecule has 2 atom stereocenters. The van der Waals surface area contributed by atoms with Crippen LogP contribution in [0.1, 0.15) is 127 Å². The lowest BCUT2D eigenvalue weighted by atomic mass is 9.85. The zero-order chi connectivity index (χ0) is 38.4. The van der Waals surface area contributed by atoms with Crippen molar-refractivity contribution in [3.63, 3.8) is 0 Å². The maximum Gasteiger partial charge on any atom is 0.310 e. The molecule has 0 saturated heterocycles. The summed E-state index contributed by atoms with van der Waals surface area (Å²) in [6.07, 6.45) is 6.79. The molecule has 0 unspecified atom stereocenters. The summed E-state index contributed by atoms with van der Waals surface area (Å²) < 4.78 is 10.3. The number of allylic oxidation sites excluding steroid dienone is 3. The molecule has 0 saturated carbocycles. The number of aryl methyl sites for hydroxylation is 3. The monoisotopic (exact) mass is 722 g/mol. The molecule has 2 aliphatic rings. The SMILES string of the molecule is C=CC1=C(C)c2cc3nc(c(CC(=O)OC)c4[nH]c(cc5[nH]c(cc1n2)c(C)c5CC)c(C)c4C(=O)NCCCCCCN)[C@@H](CCC(=O)OC)[C@@H]3C. The van der Waals surface area contributed by atoms with Gasteiger partial charge in [-0.25, -0.2) is 4.98 Å². The van der Waals surface area contributed by atoms with Gasteiger partial charge in [-0.1, -0.05) is 39.3 Å². The van der Waals surface area contributed by atoms with Crippen LogP contribution >= 0.6 is 0 Å². The maximum atomic E-state index is 14.2. The third-order valence-corrected chi connectivity index (χ3v) is 10.8. The van der Waals surface area contributed by atoms with Gasteiger partial charge in [0.25, 0.3) is 5.91 Å². The van der Waals surface area contributed by atoms with E-state index in [0.717, 1.165) is 93.6 Å². The van der Waals surface area contributed by atoms with Crippen molar-refractivity contribution in [3.8, 4) is 0 Å². The van der Waals surface area contributed by atoms with Gasteiger partial charge in [0.1, 0.15) is 0 Å². The van der Waals surface area contributed by atoms with Gasteiger partial charge >= 0.3 is 11.9 Å². The predicted octanol–water partition coefficient (Wildman–Crippen LogP) is 7.42. The number of nitrogens with one attached hydrogen (secondary N) is 3. The normalized spacial score (nSPS) is 15.4. The first kappa shape index (κ1) is 39.2. The zero-order valence-corrected chi connectivity index (χ0v) is 32.3. The van der Waals surface area contributed by atoms with Gasteiger partial charge in [-0.2, -0.15) is 0 Å². The first-order valence-electron chi connectivity index (χ1n) is 18.7. The number of esters is 2. The van der Waals surface area contributed by atoms with E-state index < -0.39 is 5.97 Å². The molecular formula is C42H54N6O5. The van der Waals surface area contributed by atoms with Crippen molar-refractivity contribution in [2.24, 2.45) is 5.73 Å². The number of rotatable bonds is 14. The highest BCUT2D eigenvalue weighted by molar-refractivity contribution is 6.06. The number of nitrogens with zero attached hydrogens (tertiary/aromatic N) is 2. The number of carbonyl (C=O) groups is 3. The van der Waals surface area contributed by atoms with Crippen LogP contribution in [0.2, 0.25) is 0 Å². The van der Waals surface area contributed by atoms with Crippen LogP contribution in [-0.4, -0.2) is 65.1 Å². The van der Waals surface area contributed by atoms with Crippen LogP contribution in [0.25, 0.3) is 33.2 Å². The molecule has 1 amide bonds. The summed E-state index contributed by atoms with van der Waals surface area (Å²) in [5.41, 5.74) is 17.6. The molecule has 5 heterocycles. The minimum Gasteiger partial charge on any atom is -0.469 e. The average molecular weight is 723 g/mol. The predicted molar refractivity (Wildman–Crippen MR) is 211 cm³/mol. The van der Waals surface area contributed by atoms with E-state index in [2.05, 4.69) is 48.7 Å². The minimum atomic E-state index is -0.472. The zero-order valence-electron chi connectivity index (χ0n) is 32.3. The molecule has 0 aliphatic carbocycles. The Bertz CT molecular complexity index is 2110. The number of H-pyrrole nitrogens is 2. The van der Waals surface area contributed by atoms with Crippen LogP contribution in [-0.2, 0) is 31.9 Å². The second-order valence-electron chi connectivity index (χ2n) is 14.0. The molecule has 0 radical (unpaired) electrons. The summed E-state index contributed by atoms with van der Waals surface area (Å²) in [6, 6.07) is 6.10. The fourth-order valence-electron chi connectivity index (χ4n) is 7.62. The number of carbonyl (C=O) groups excluding carboxylic acids is 3. The summed E-state index contributed by atoms with van der Waals surface area (Å²) in [7, 11) is 2.72. The topological polar surface area (TPSA) is 165 Å². The van der Waals surface area contributed by atoms with Crippen molar-refractivity contribution in [1.29, 1.82) is 0 Å². The molecule has 5 N–H and O–H groups in total. The highest BCUT2D eigenvalue weighted by atomic mass is 16.5. The second-order valence-corrected chi connectivity index (χ2v) is 14.0. The van der Waals surface area contributed by atoms with E-state index in [-0.39, 0.29) is 36.6 Å². The van der Waals surface area contributed by atoms with Crippen LogP contribution in [0, 0.1) is 13.8 Å². The Morgan fingerprint density at radius 2 is 1.62 bits per heavy atom. The molecule has 3 aromatic rings. The molecule has 282 valence electrons. The number of hydrogen-bond acceptors (Lipinski definition) is 8. The standard InChI is InChI=1S/C42H54N6O5/c1-9-27-23(3)31-20-33-25(5)29(15-16-37(49)52-7)40(47-33)30(19-38(50)53-8)41-39(42(51)44-18-14-12-11-13-17-43)26(6)34(48-41)22-36-28(10-2)24(4)32(46-36)21-35(27)45-31/h9,20-22,25,29,46,48H,1,10-19,43H2,2-8H3,(H,44,51)/t25-,29-/m0/s1. The lowest BCUT2D eigenvalue weighted by molar-refractivity contribution is -0.141. The van der Waals surface area contributed by atoms with Gasteiger partial charge in [0.2, 0.25) is 0 Å². The van der Waals surface area contributed by atoms with Gasteiger partial charge in [0.05, 0.1) is 48.8 Å². The Labute approximate surface area is 311 Å². The average Bonchev–Trinajstić information content (AvgIpc) is 3.83.